The van der Waals surface area contributed by atoms with E-state index in [0.717, 1.165) is 44.0 Å². The summed E-state index contributed by atoms with van der Waals surface area (Å²) < 4.78 is 17.3. The Hall–Kier alpha value is -3.10. The molecule has 0 aliphatic rings. The molecule has 0 aliphatic carbocycles. The van der Waals surface area contributed by atoms with E-state index >= 15 is 0 Å². The summed E-state index contributed by atoms with van der Waals surface area (Å²) >= 11 is 0. The highest BCUT2D eigenvalue weighted by atomic mass is 16.5. The highest BCUT2D eigenvalue weighted by Gasteiger charge is 2.11. The molecular weight excluding hydrogens is 426 g/mol. The Kier molecular flexibility index (Phi) is 14.0. The average molecular weight is 462 g/mol. The highest BCUT2D eigenvalue weighted by molar-refractivity contribution is 6.27. The number of hydrogen-bond donors (Lipinski definition) is 3. The summed E-state index contributed by atoms with van der Waals surface area (Å²) in [5.41, 5.74) is 2.54. The van der Waals surface area contributed by atoms with E-state index in [1.807, 2.05) is 31.2 Å². The molecule has 0 fully saturated rings. The minimum Gasteiger partial charge on any atom is -0.490 e. The first-order chi connectivity index (χ1) is 15.9. The number of carboxylic acids is 2. The SMILES string of the molecule is CCOc1ccccc1OCCNCCCC(OCC)c1ccc(C)cc1.O=C(O)C(=O)O. The average Bonchev–Trinajstić information content (AvgIpc) is 2.80. The van der Waals surface area contributed by atoms with Gasteiger partial charge in [-0.1, -0.05) is 42.0 Å². The Bertz CT molecular complexity index is 812. The van der Waals surface area contributed by atoms with Crippen LogP contribution >= 0.6 is 0 Å². The molecule has 182 valence electrons. The summed E-state index contributed by atoms with van der Waals surface area (Å²) in [4.78, 5) is 18.2. The Morgan fingerprint density at radius 1 is 0.879 bits per heavy atom. The van der Waals surface area contributed by atoms with Gasteiger partial charge in [-0.2, -0.15) is 0 Å². The maximum absolute atomic E-state index is 9.10. The minimum atomic E-state index is -1.82. The minimum absolute atomic E-state index is 0.173. The van der Waals surface area contributed by atoms with E-state index in [1.165, 1.54) is 11.1 Å². The Morgan fingerprint density at radius 2 is 1.48 bits per heavy atom. The van der Waals surface area contributed by atoms with Crippen molar-refractivity contribution in [1.29, 1.82) is 0 Å². The molecule has 1 atom stereocenters. The summed E-state index contributed by atoms with van der Waals surface area (Å²) in [6.07, 6.45) is 2.25. The van der Waals surface area contributed by atoms with E-state index in [0.29, 0.717) is 13.2 Å². The number of nitrogens with one attached hydrogen (secondary N) is 1. The first-order valence-corrected chi connectivity index (χ1v) is 11.1. The Labute approximate surface area is 195 Å². The lowest BCUT2D eigenvalue weighted by Crippen LogP contribution is -2.22. The summed E-state index contributed by atoms with van der Waals surface area (Å²) in [6.45, 7) is 9.90. The molecule has 2 rings (SSSR count). The van der Waals surface area contributed by atoms with Crippen molar-refractivity contribution in [2.75, 3.05) is 32.9 Å². The molecule has 2 aromatic rings. The number of aryl methyl sites for hydroxylation is 1. The number of para-hydroxylation sites is 2. The van der Waals surface area contributed by atoms with Crippen LogP contribution in [0.25, 0.3) is 0 Å². The van der Waals surface area contributed by atoms with Gasteiger partial charge in [-0.3, -0.25) is 0 Å². The lowest BCUT2D eigenvalue weighted by Gasteiger charge is -2.18. The number of hydrogen-bond acceptors (Lipinski definition) is 6. The first kappa shape index (κ1) is 27.9. The standard InChI is InChI=1S/C23H33NO3.C2H2O4/c1-4-25-21(20-14-12-19(3)13-15-20)11-8-16-24-17-18-27-23-10-7-6-9-22(23)26-5-2;3-1(4)2(5)6/h6-7,9-10,12-15,21,24H,4-5,8,11,16-18H2,1-3H3;(H,3,4)(H,5,6). The van der Waals surface area contributed by atoms with Gasteiger partial charge in [-0.15, -0.1) is 0 Å². The van der Waals surface area contributed by atoms with E-state index in [9.17, 15) is 0 Å². The van der Waals surface area contributed by atoms with Crippen molar-refractivity contribution < 1.29 is 34.0 Å². The van der Waals surface area contributed by atoms with E-state index in [-0.39, 0.29) is 6.10 Å². The highest BCUT2D eigenvalue weighted by Crippen LogP contribution is 2.26. The van der Waals surface area contributed by atoms with Gasteiger partial charge in [0.1, 0.15) is 6.61 Å². The molecule has 0 spiro atoms. The number of aliphatic carboxylic acids is 2. The van der Waals surface area contributed by atoms with E-state index in [4.69, 9.17) is 34.0 Å². The zero-order valence-corrected chi connectivity index (χ0v) is 19.6. The molecule has 0 saturated heterocycles. The van der Waals surface area contributed by atoms with Crippen LogP contribution in [0, 0.1) is 6.92 Å². The molecule has 8 heteroatoms. The van der Waals surface area contributed by atoms with Gasteiger partial charge in [0, 0.05) is 13.2 Å². The van der Waals surface area contributed by atoms with E-state index in [2.05, 4.69) is 43.4 Å². The summed E-state index contributed by atoms with van der Waals surface area (Å²) in [5.74, 6) is -2.04. The van der Waals surface area contributed by atoms with Gasteiger partial charge in [0.05, 0.1) is 12.7 Å². The fraction of sp³-hybridized carbons (Fsp3) is 0.440. The third kappa shape index (κ3) is 11.9. The number of carbonyl (C=O) groups is 2. The molecule has 3 N–H and O–H groups in total. The third-order valence-electron chi connectivity index (χ3n) is 4.51. The van der Waals surface area contributed by atoms with Gasteiger partial charge in [0.15, 0.2) is 11.5 Å². The predicted molar refractivity (Wildman–Crippen MR) is 126 cm³/mol. The number of carboxylic acid groups (broad SMARTS) is 2. The van der Waals surface area contributed by atoms with Gasteiger partial charge in [-0.05, 0) is 57.9 Å². The lowest BCUT2D eigenvalue weighted by molar-refractivity contribution is -0.159. The molecule has 0 aromatic heterocycles. The fourth-order valence-corrected chi connectivity index (χ4v) is 2.94. The molecule has 8 nitrogen and oxygen atoms in total. The van der Waals surface area contributed by atoms with E-state index < -0.39 is 11.9 Å². The van der Waals surface area contributed by atoms with Crippen LogP contribution in [0.3, 0.4) is 0 Å². The van der Waals surface area contributed by atoms with Crippen molar-refractivity contribution in [3.8, 4) is 11.5 Å². The number of benzene rings is 2. The summed E-state index contributed by atoms with van der Waals surface area (Å²) in [5, 5.41) is 18.2. The van der Waals surface area contributed by atoms with Gasteiger partial charge >= 0.3 is 11.9 Å². The normalized spacial score (nSPS) is 11.1. The maximum Gasteiger partial charge on any atom is 0.414 e. The van der Waals surface area contributed by atoms with Gasteiger partial charge in [0.25, 0.3) is 0 Å². The molecular formula is C25H35NO7. The Balaban J connectivity index is 0.000000801. The second kappa shape index (κ2) is 16.5. The zero-order chi connectivity index (χ0) is 24.5. The van der Waals surface area contributed by atoms with Crippen LogP contribution in [-0.4, -0.2) is 55.1 Å². The molecule has 33 heavy (non-hydrogen) atoms. The van der Waals surface area contributed by atoms with Crippen LogP contribution in [-0.2, 0) is 14.3 Å². The van der Waals surface area contributed by atoms with Crippen molar-refractivity contribution in [1.82, 2.24) is 5.32 Å². The maximum atomic E-state index is 9.10. The predicted octanol–water partition coefficient (Wildman–Crippen LogP) is 4.08. The second-order valence-corrected chi connectivity index (χ2v) is 7.09. The van der Waals surface area contributed by atoms with Crippen LogP contribution in [0.2, 0.25) is 0 Å². The summed E-state index contributed by atoms with van der Waals surface area (Å²) in [6, 6.07) is 16.4. The molecule has 0 aliphatic heterocycles. The quantitative estimate of drug-likeness (QED) is 0.302. The van der Waals surface area contributed by atoms with Crippen LogP contribution in [0.4, 0.5) is 0 Å². The molecule has 0 radical (unpaired) electrons. The molecule has 2 aromatic carbocycles. The first-order valence-electron chi connectivity index (χ1n) is 11.1. The zero-order valence-electron chi connectivity index (χ0n) is 19.6. The van der Waals surface area contributed by atoms with Gasteiger partial charge in [0.2, 0.25) is 0 Å². The second-order valence-electron chi connectivity index (χ2n) is 7.09. The van der Waals surface area contributed by atoms with Crippen molar-refractivity contribution in [3.05, 3.63) is 59.7 Å². The molecule has 1 unspecified atom stereocenters. The largest absolute Gasteiger partial charge is 0.490 e. The van der Waals surface area contributed by atoms with Crippen molar-refractivity contribution in [3.63, 3.8) is 0 Å². The molecule has 0 amide bonds. The number of ether oxygens (including phenoxy) is 3. The van der Waals surface area contributed by atoms with Crippen LogP contribution in [0.15, 0.2) is 48.5 Å². The third-order valence-corrected chi connectivity index (χ3v) is 4.51. The van der Waals surface area contributed by atoms with Crippen LogP contribution in [0.5, 0.6) is 11.5 Å². The smallest absolute Gasteiger partial charge is 0.414 e. The lowest BCUT2D eigenvalue weighted by atomic mass is 10.0. The fourth-order valence-electron chi connectivity index (χ4n) is 2.94. The molecule has 0 saturated carbocycles. The van der Waals surface area contributed by atoms with Crippen molar-refractivity contribution >= 4 is 11.9 Å². The molecule has 0 heterocycles. The summed E-state index contributed by atoms with van der Waals surface area (Å²) in [7, 11) is 0. The van der Waals surface area contributed by atoms with Crippen molar-refractivity contribution in [2.45, 2.75) is 39.7 Å². The Morgan fingerprint density at radius 3 is 2.03 bits per heavy atom. The van der Waals surface area contributed by atoms with E-state index in [1.54, 1.807) is 0 Å². The monoisotopic (exact) mass is 461 g/mol. The topological polar surface area (TPSA) is 114 Å². The van der Waals surface area contributed by atoms with Crippen LogP contribution in [0.1, 0.15) is 43.9 Å². The van der Waals surface area contributed by atoms with Gasteiger partial charge < -0.3 is 29.7 Å². The number of rotatable bonds is 13. The van der Waals surface area contributed by atoms with Crippen molar-refractivity contribution in [2.24, 2.45) is 0 Å². The van der Waals surface area contributed by atoms with Gasteiger partial charge in [-0.25, -0.2) is 9.59 Å². The van der Waals surface area contributed by atoms with Crippen LogP contribution < -0.4 is 14.8 Å². The molecule has 0 bridgehead atoms.